The van der Waals surface area contributed by atoms with E-state index in [1.54, 1.807) is 7.11 Å². The molecule has 0 saturated heterocycles. The lowest BCUT2D eigenvalue weighted by Crippen LogP contribution is -2.18. The van der Waals surface area contributed by atoms with Gasteiger partial charge in [0.05, 0.1) is 12.3 Å². The Bertz CT molecular complexity index is 139. The number of hydrazone groups is 1. The number of methoxy groups -OCH3 is 1. The summed E-state index contributed by atoms with van der Waals surface area (Å²) in [5, 5.41) is 3.75. The van der Waals surface area contributed by atoms with Crippen LogP contribution >= 0.6 is 0 Å². The molecule has 0 heterocycles. The maximum atomic E-state index is 5.25. The Morgan fingerprint density at radius 3 is 2.64 bits per heavy atom. The molecule has 0 atom stereocenters. The molecule has 64 valence electrons. The molecule has 0 aliphatic heterocycles. The van der Waals surface area contributed by atoms with Crippen molar-refractivity contribution >= 4 is 5.71 Å². The summed E-state index contributed by atoms with van der Waals surface area (Å²) in [7, 11) is 1.68. The van der Waals surface area contributed by atoms with E-state index in [4.69, 9.17) is 10.6 Å². The Balaban J connectivity index is 2.41. The predicted molar refractivity (Wildman–Crippen MR) is 45.5 cm³/mol. The van der Waals surface area contributed by atoms with Crippen molar-refractivity contribution in [1.29, 1.82) is 0 Å². The average Bonchev–Trinajstić information content (AvgIpc) is 2.52. The Kier molecular flexibility index (Phi) is 3.36. The molecule has 1 aliphatic rings. The summed E-state index contributed by atoms with van der Waals surface area (Å²) in [6, 6.07) is 0. The lowest BCUT2D eigenvalue weighted by Gasteiger charge is -2.10. The summed E-state index contributed by atoms with van der Waals surface area (Å²) >= 11 is 0. The van der Waals surface area contributed by atoms with Gasteiger partial charge >= 0.3 is 0 Å². The van der Waals surface area contributed by atoms with Gasteiger partial charge in [0.2, 0.25) is 0 Å². The molecule has 2 N–H and O–H groups in total. The van der Waals surface area contributed by atoms with Gasteiger partial charge in [-0.2, -0.15) is 5.10 Å². The van der Waals surface area contributed by atoms with Crippen LogP contribution in [0.15, 0.2) is 5.10 Å². The van der Waals surface area contributed by atoms with Crippen LogP contribution in [0.4, 0.5) is 0 Å². The van der Waals surface area contributed by atoms with E-state index in [0.717, 1.165) is 5.71 Å². The van der Waals surface area contributed by atoms with Crippen molar-refractivity contribution in [2.75, 3.05) is 13.7 Å². The van der Waals surface area contributed by atoms with Gasteiger partial charge in [-0.3, -0.25) is 0 Å². The van der Waals surface area contributed by atoms with E-state index in [1.807, 2.05) is 0 Å². The molecule has 0 aromatic heterocycles. The summed E-state index contributed by atoms with van der Waals surface area (Å²) in [6.45, 7) is 0.598. The van der Waals surface area contributed by atoms with E-state index in [-0.39, 0.29) is 0 Å². The van der Waals surface area contributed by atoms with Crippen molar-refractivity contribution in [2.24, 2.45) is 16.9 Å². The van der Waals surface area contributed by atoms with Crippen LogP contribution in [0.25, 0.3) is 0 Å². The third-order valence-electron chi connectivity index (χ3n) is 2.28. The fourth-order valence-electron chi connectivity index (χ4n) is 1.67. The lowest BCUT2D eigenvalue weighted by atomic mass is 10.0. The van der Waals surface area contributed by atoms with Crippen LogP contribution in [-0.4, -0.2) is 19.4 Å². The zero-order valence-electron chi connectivity index (χ0n) is 7.05. The van der Waals surface area contributed by atoms with Crippen LogP contribution in [0.2, 0.25) is 0 Å². The molecule has 11 heavy (non-hydrogen) atoms. The first kappa shape index (κ1) is 8.53. The number of ether oxygens (including phenoxy) is 1. The minimum atomic E-state index is 0.597. The van der Waals surface area contributed by atoms with Crippen molar-refractivity contribution in [2.45, 2.75) is 25.7 Å². The van der Waals surface area contributed by atoms with Crippen LogP contribution < -0.4 is 5.84 Å². The highest BCUT2D eigenvalue weighted by molar-refractivity contribution is 5.87. The minimum Gasteiger partial charge on any atom is -0.379 e. The topological polar surface area (TPSA) is 47.6 Å². The van der Waals surface area contributed by atoms with Gasteiger partial charge in [-0.15, -0.1) is 0 Å². The van der Waals surface area contributed by atoms with Crippen molar-refractivity contribution in [1.82, 2.24) is 0 Å². The monoisotopic (exact) mass is 156 g/mol. The summed E-state index contributed by atoms with van der Waals surface area (Å²) in [5.74, 6) is 5.84. The molecule has 0 spiro atoms. The Hall–Kier alpha value is -0.570. The van der Waals surface area contributed by atoms with E-state index >= 15 is 0 Å². The number of hydrogen-bond donors (Lipinski definition) is 1. The summed E-state index contributed by atoms with van der Waals surface area (Å²) in [6.07, 6.45) is 5.10. The lowest BCUT2D eigenvalue weighted by molar-refractivity contribution is 0.240. The average molecular weight is 156 g/mol. The van der Waals surface area contributed by atoms with Gasteiger partial charge in [0.15, 0.2) is 0 Å². The normalized spacial score (nSPS) is 21.0. The van der Waals surface area contributed by atoms with Crippen molar-refractivity contribution in [3.63, 3.8) is 0 Å². The SMILES string of the molecule is COC/C(=N/N)C1CCCC1. The molecule has 1 aliphatic carbocycles. The maximum Gasteiger partial charge on any atom is 0.0865 e. The third-order valence-corrected chi connectivity index (χ3v) is 2.28. The van der Waals surface area contributed by atoms with Crippen LogP contribution in [0.3, 0.4) is 0 Å². The van der Waals surface area contributed by atoms with E-state index < -0.39 is 0 Å². The molecular formula is C8H16N2O. The first-order valence-electron chi connectivity index (χ1n) is 4.14. The second kappa shape index (κ2) is 4.34. The summed E-state index contributed by atoms with van der Waals surface area (Å²) in [5.41, 5.74) is 1.03. The van der Waals surface area contributed by atoms with Gasteiger partial charge in [-0.25, -0.2) is 0 Å². The van der Waals surface area contributed by atoms with Crippen molar-refractivity contribution in [3.8, 4) is 0 Å². The quantitative estimate of drug-likeness (QED) is 0.378. The van der Waals surface area contributed by atoms with Gasteiger partial charge < -0.3 is 10.6 Å². The van der Waals surface area contributed by atoms with Gasteiger partial charge in [-0.05, 0) is 12.8 Å². The molecule has 1 fully saturated rings. The molecule has 0 amide bonds. The van der Waals surface area contributed by atoms with Crippen LogP contribution in [0.1, 0.15) is 25.7 Å². The molecule has 3 nitrogen and oxygen atoms in total. The van der Waals surface area contributed by atoms with E-state index in [9.17, 15) is 0 Å². The van der Waals surface area contributed by atoms with E-state index in [0.29, 0.717) is 12.5 Å². The Labute approximate surface area is 67.6 Å². The van der Waals surface area contributed by atoms with E-state index in [1.165, 1.54) is 25.7 Å². The first-order chi connectivity index (χ1) is 5.38. The molecule has 0 radical (unpaired) electrons. The second-order valence-corrected chi connectivity index (χ2v) is 3.03. The van der Waals surface area contributed by atoms with Gasteiger partial charge in [-0.1, -0.05) is 12.8 Å². The molecular weight excluding hydrogens is 140 g/mol. The second-order valence-electron chi connectivity index (χ2n) is 3.03. The van der Waals surface area contributed by atoms with Gasteiger partial charge in [0.25, 0.3) is 0 Å². The molecule has 0 unspecified atom stereocenters. The highest BCUT2D eigenvalue weighted by atomic mass is 16.5. The van der Waals surface area contributed by atoms with Crippen molar-refractivity contribution < 1.29 is 4.74 Å². The number of nitrogens with zero attached hydrogens (tertiary/aromatic N) is 1. The zero-order chi connectivity index (χ0) is 8.10. The number of hydrogen-bond acceptors (Lipinski definition) is 3. The smallest absolute Gasteiger partial charge is 0.0865 e. The third kappa shape index (κ3) is 2.19. The van der Waals surface area contributed by atoms with E-state index in [2.05, 4.69) is 5.10 Å². The highest BCUT2D eigenvalue weighted by Crippen LogP contribution is 2.25. The number of rotatable bonds is 3. The maximum absolute atomic E-state index is 5.25. The molecule has 1 saturated carbocycles. The Morgan fingerprint density at radius 2 is 2.18 bits per heavy atom. The minimum absolute atomic E-state index is 0.597. The van der Waals surface area contributed by atoms with Crippen LogP contribution in [0, 0.1) is 5.92 Å². The molecule has 3 heteroatoms. The summed E-state index contributed by atoms with van der Waals surface area (Å²) in [4.78, 5) is 0. The molecule has 0 aromatic rings. The zero-order valence-corrected chi connectivity index (χ0v) is 7.05. The highest BCUT2D eigenvalue weighted by Gasteiger charge is 2.20. The standard InChI is InChI=1S/C8H16N2O/c1-11-6-8(10-9)7-4-2-3-5-7/h7H,2-6,9H2,1H3/b10-8-. The first-order valence-corrected chi connectivity index (χ1v) is 4.14. The Morgan fingerprint density at radius 1 is 1.55 bits per heavy atom. The predicted octanol–water partition coefficient (Wildman–Crippen LogP) is 1.14. The number of nitrogens with two attached hydrogens (primary N) is 1. The molecule has 0 bridgehead atoms. The van der Waals surface area contributed by atoms with Gasteiger partial charge in [0, 0.05) is 13.0 Å². The van der Waals surface area contributed by atoms with Crippen molar-refractivity contribution in [3.05, 3.63) is 0 Å². The largest absolute Gasteiger partial charge is 0.379 e. The summed E-state index contributed by atoms with van der Waals surface area (Å²) < 4.78 is 5.00. The van der Waals surface area contributed by atoms with Crippen LogP contribution in [0.5, 0.6) is 0 Å². The fourth-order valence-corrected chi connectivity index (χ4v) is 1.67. The molecule has 1 rings (SSSR count). The van der Waals surface area contributed by atoms with Gasteiger partial charge in [0.1, 0.15) is 0 Å². The fraction of sp³-hybridized carbons (Fsp3) is 0.875. The molecule has 0 aromatic carbocycles. The van der Waals surface area contributed by atoms with Crippen LogP contribution in [-0.2, 0) is 4.74 Å².